The van der Waals surface area contributed by atoms with Crippen LogP contribution in [0.1, 0.15) is 10.4 Å². The summed E-state index contributed by atoms with van der Waals surface area (Å²) in [7, 11) is -2.14. The van der Waals surface area contributed by atoms with E-state index < -0.39 is 10.0 Å². The Bertz CT molecular complexity index is 713. The predicted molar refractivity (Wildman–Crippen MR) is 80.2 cm³/mol. The third-order valence-electron chi connectivity index (χ3n) is 2.95. The highest BCUT2D eigenvalue weighted by molar-refractivity contribution is 7.91. The van der Waals surface area contributed by atoms with Crippen molar-refractivity contribution in [2.24, 2.45) is 0 Å². The second kappa shape index (κ2) is 6.65. The van der Waals surface area contributed by atoms with Crippen LogP contribution in [0.4, 0.5) is 4.39 Å². The summed E-state index contributed by atoms with van der Waals surface area (Å²) in [6, 6.07) is 9.10. The minimum absolute atomic E-state index is 0.0147. The normalized spacial score (nSPS) is 12.0. The molecule has 0 aliphatic carbocycles. The Morgan fingerprint density at radius 2 is 2.05 bits per heavy atom. The lowest BCUT2D eigenvalue weighted by Gasteiger charge is -2.16. The van der Waals surface area contributed by atoms with Gasteiger partial charge in [0.05, 0.1) is 0 Å². The number of rotatable bonds is 6. The Morgan fingerprint density at radius 1 is 1.29 bits per heavy atom. The van der Waals surface area contributed by atoms with E-state index in [9.17, 15) is 12.8 Å². The number of nitrogens with zero attached hydrogens (tertiary/aromatic N) is 1. The molecule has 0 spiro atoms. The second-order valence-corrected chi connectivity index (χ2v) is 8.03. The molecular formula is C14H16FNO3S2. The van der Waals surface area contributed by atoms with Gasteiger partial charge in [0, 0.05) is 31.5 Å². The highest BCUT2D eigenvalue weighted by Gasteiger charge is 2.23. The van der Waals surface area contributed by atoms with Crippen molar-refractivity contribution in [2.45, 2.75) is 17.2 Å². The number of hydrogen-bond acceptors (Lipinski definition) is 4. The van der Waals surface area contributed by atoms with Gasteiger partial charge in [-0.25, -0.2) is 12.8 Å². The van der Waals surface area contributed by atoms with Crippen molar-refractivity contribution in [1.82, 2.24) is 4.31 Å². The van der Waals surface area contributed by atoms with Gasteiger partial charge >= 0.3 is 0 Å². The van der Waals surface area contributed by atoms with Crippen LogP contribution in [0.25, 0.3) is 0 Å². The van der Waals surface area contributed by atoms with Crippen molar-refractivity contribution in [1.29, 1.82) is 0 Å². The van der Waals surface area contributed by atoms with Gasteiger partial charge in [-0.1, -0.05) is 12.1 Å². The molecule has 0 unspecified atom stereocenters. The Hall–Kier alpha value is -1.28. The molecule has 0 aliphatic rings. The van der Waals surface area contributed by atoms with Crippen molar-refractivity contribution in [2.75, 3.05) is 13.7 Å². The zero-order valence-corrected chi connectivity index (χ0v) is 13.1. The highest BCUT2D eigenvalue weighted by Crippen LogP contribution is 2.25. The van der Waals surface area contributed by atoms with Gasteiger partial charge in [0.2, 0.25) is 0 Å². The van der Waals surface area contributed by atoms with E-state index in [1.807, 2.05) is 0 Å². The smallest absolute Gasteiger partial charge is 0.252 e. The first-order valence-corrected chi connectivity index (χ1v) is 8.59. The van der Waals surface area contributed by atoms with E-state index in [2.05, 4.69) is 0 Å². The lowest BCUT2D eigenvalue weighted by atomic mass is 10.2. The Labute approximate surface area is 127 Å². The summed E-state index contributed by atoms with van der Waals surface area (Å²) in [5.74, 6) is -0.389. The maximum absolute atomic E-state index is 13.1. The lowest BCUT2D eigenvalue weighted by Crippen LogP contribution is -2.25. The summed E-state index contributed by atoms with van der Waals surface area (Å²) in [6.07, 6.45) is 0.438. The molecule has 1 aromatic carbocycles. The molecule has 1 N–H and O–H groups in total. The van der Waals surface area contributed by atoms with E-state index in [4.69, 9.17) is 5.11 Å². The number of halogens is 1. The summed E-state index contributed by atoms with van der Waals surface area (Å²) in [4.78, 5) is 0.815. The molecule has 21 heavy (non-hydrogen) atoms. The van der Waals surface area contributed by atoms with E-state index in [1.54, 1.807) is 18.2 Å². The Morgan fingerprint density at radius 3 is 2.71 bits per heavy atom. The molecular weight excluding hydrogens is 313 g/mol. The molecule has 7 heteroatoms. The van der Waals surface area contributed by atoms with E-state index >= 15 is 0 Å². The zero-order valence-electron chi connectivity index (χ0n) is 11.5. The molecule has 0 saturated heterocycles. The van der Waals surface area contributed by atoms with Crippen LogP contribution in [0.3, 0.4) is 0 Å². The summed E-state index contributed by atoms with van der Waals surface area (Å²) in [6.45, 7) is 0.0897. The van der Waals surface area contributed by atoms with E-state index in [0.717, 1.165) is 16.2 Å². The molecule has 0 bridgehead atoms. The molecule has 1 heterocycles. The summed E-state index contributed by atoms with van der Waals surface area (Å²) >= 11 is 1.14. The lowest BCUT2D eigenvalue weighted by molar-refractivity contribution is 0.300. The molecule has 0 saturated carbocycles. The molecule has 0 amide bonds. The minimum Gasteiger partial charge on any atom is -0.396 e. The topological polar surface area (TPSA) is 57.6 Å². The third kappa shape index (κ3) is 3.88. The maximum Gasteiger partial charge on any atom is 0.252 e. The number of aliphatic hydroxyl groups excluding tert-OH is 1. The molecule has 0 radical (unpaired) electrons. The summed E-state index contributed by atoms with van der Waals surface area (Å²) in [5.41, 5.74) is 0.591. The van der Waals surface area contributed by atoms with Gasteiger partial charge in [-0.05, 0) is 29.8 Å². The number of aliphatic hydroxyl groups is 1. The van der Waals surface area contributed by atoms with E-state index in [1.165, 1.54) is 29.6 Å². The highest BCUT2D eigenvalue weighted by atomic mass is 32.2. The van der Waals surface area contributed by atoms with Gasteiger partial charge in [0.25, 0.3) is 10.0 Å². The van der Waals surface area contributed by atoms with Crippen molar-refractivity contribution in [3.8, 4) is 0 Å². The van der Waals surface area contributed by atoms with Crippen LogP contribution in [0.5, 0.6) is 0 Å². The van der Waals surface area contributed by atoms with Crippen LogP contribution in [0.2, 0.25) is 0 Å². The summed E-state index contributed by atoms with van der Waals surface area (Å²) in [5, 5.41) is 8.87. The van der Waals surface area contributed by atoms with Gasteiger partial charge in [0.15, 0.2) is 0 Å². The van der Waals surface area contributed by atoms with Crippen LogP contribution in [-0.4, -0.2) is 31.5 Å². The number of thiophene rings is 1. The minimum atomic E-state index is -3.60. The van der Waals surface area contributed by atoms with Crippen molar-refractivity contribution < 1.29 is 17.9 Å². The number of benzene rings is 1. The zero-order chi connectivity index (χ0) is 15.5. The van der Waals surface area contributed by atoms with Gasteiger partial charge in [-0.3, -0.25) is 0 Å². The third-order valence-corrected chi connectivity index (χ3v) is 6.37. The van der Waals surface area contributed by atoms with Crippen molar-refractivity contribution in [3.63, 3.8) is 0 Å². The molecule has 0 aliphatic heterocycles. The molecule has 114 valence electrons. The monoisotopic (exact) mass is 329 g/mol. The van der Waals surface area contributed by atoms with Crippen LogP contribution in [0, 0.1) is 5.82 Å². The van der Waals surface area contributed by atoms with Gasteiger partial charge < -0.3 is 5.11 Å². The van der Waals surface area contributed by atoms with Crippen molar-refractivity contribution in [3.05, 3.63) is 52.7 Å². The van der Waals surface area contributed by atoms with Crippen molar-refractivity contribution >= 4 is 21.4 Å². The van der Waals surface area contributed by atoms with Crippen LogP contribution < -0.4 is 0 Å². The fourth-order valence-electron chi connectivity index (χ4n) is 1.87. The standard InChI is InChI=1S/C14H16FNO3S2/c1-16(10-11-3-2-4-12(15)9-11)21(18,19)14-6-5-13(20-14)7-8-17/h2-6,9,17H,7-8,10H2,1H3. The second-order valence-electron chi connectivity index (χ2n) is 4.59. The molecule has 4 nitrogen and oxygen atoms in total. The quantitative estimate of drug-likeness (QED) is 0.884. The average Bonchev–Trinajstić information content (AvgIpc) is 2.88. The van der Waals surface area contributed by atoms with E-state index in [0.29, 0.717) is 12.0 Å². The summed E-state index contributed by atoms with van der Waals surface area (Å²) < 4.78 is 39.4. The predicted octanol–water partition coefficient (Wildman–Crippen LogP) is 2.24. The first-order valence-electron chi connectivity index (χ1n) is 6.34. The molecule has 0 fully saturated rings. The number of hydrogen-bond donors (Lipinski definition) is 1. The van der Waals surface area contributed by atoms with Crippen LogP contribution >= 0.6 is 11.3 Å². The first kappa shape index (κ1) is 16.1. The fourth-order valence-corrected chi connectivity index (χ4v) is 4.59. The molecule has 2 aromatic rings. The Kier molecular flexibility index (Phi) is 5.10. The largest absolute Gasteiger partial charge is 0.396 e. The fraction of sp³-hybridized carbons (Fsp3) is 0.286. The van der Waals surface area contributed by atoms with Crippen LogP contribution in [0.15, 0.2) is 40.6 Å². The SMILES string of the molecule is CN(Cc1cccc(F)c1)S(=O)(=O)c1ccc(CCO)s1. The van der Waals surface area contributed by atoms with Gasteiger partial charge in [0.1, 0.15) is 10.0 Å². The van der Waals surface area contributed by atoms with Gasteiger partial charge in [-0.15, -0.1) is 11.3 Å². The average molecular weight is 329 g/mol. The first-order chi connectivity index (χ1) is 9.93. The maximum atomic E-state index is 13.1. The molecule has 0 atom stereocenters. The van der Waals surface area contributed by atoms with Gasteiger partial charge in [-0.2, -0.15) is 4.31 Å². The Balaban J connectivity index is 2.17. The molecule has 2 rings (SSSR count). The van der Waals surface area contributed by atoms with E-state index in [-0.39, 0.29) is 23.2 Å². The molecule has 1 aromatic heterocycles. The number of sulfonamides is 1. The van der Waals surface area contributed by atoms with Crippen LogP contribution in [-0.2, 0) is 23.0 Å².